The van der Waals surface area contributed by atoms with Crippen molar-refractivity contribution < 1.29 is 18.0 Å². The summed E-state index contributed by atoms with van der Waals surface area (Å²) in [5, 5.41) is 1.38. The third kappa shape index (κ3) is 3.58. The van der Waals surface area contributed by atoms with E-state index in [-0.39, 0.29) is 16.4 Å². The van der Waals surface area contributed by atoms with Gasteiger partial charge in [0.2, 0.25) is 0 Å². The molecular formula is C20H16Cl2F3NO. The molecule has 1 heterocycles. The minimum absolute atomic E-state index is 0.168. The molecule has 0 bridgehead atoms. The predicted octanol–water partition coefficient (Wildman–Crippen LogP) is 6.61. The Bertz CT molecular complexity index is 1070. The zero-order valence-electron chi connectivity index (χ0n) is 14.8. The largest absolute Gasteiger partial charge is 0.416 e. The molecule has 0 amide bonds. The van der Waals surface area contributed by atoms with Gasteiger partial charge in [0, 0.05) is 40.7 Å². The molecule has 1 aromatic heterocycles. The molecule has 0 radical (unpaired) electrons. The zero-order chi connectivity index (χ0) is 20.1. The Kier molecular flexibility index (Phi) is 5.04. The topological polar surface area (TPSA) is 22.0 Å². The highest BCUT2D eigenvalue weighted by Crippen LogP contribution is 2.36. The molecule has 142 valence electrons. The molecule has 0 aliphatic rings. The number of benzene rings is 2. The molecule has 0 unspecified atom stereocenters. The monoisotopic (exact) mass is 413 g/mol. The summed E-state index contributed by atoms with van der Waals surface area (Å²) in [6.45, 7) is 2.86. The third-order valence-corrected chi connectivity index (χ3v) is 5.50. The Hall–Kier alpha value is -1.98. The van der Waals surface area contributed by atoms with Crippen LogP contribution in [0, 0.1) is 6.92 Å². The van der Waals surface area contributed by atoms with Crippen LogP contribution in [0.1, 0.15) is 39.7 Å². The van der Waals surface area contributed by atoms with Gasteiger partial charge in [-0.25, -0.2) is 0 Å². The summed E-state index contributed by atoms with van der Waals surface area (Å²) in [6, 6.07) is 7.67. The van der Waals surface area contributed by atoms with Gasteiger partial charge >= 0.3 is 6.18 Å². The maximum absolute atomic E-state index is 13.2. The van der Waals surface area contributed by atoms with Crippen molar-refractivity contribution in [1.82, 2.24) is 4.57 Å². The van der Waals surface area contributed by atoms with E-state index in [2.05, 4.69) is 0 Å². The number of carbonyl (C=O) groups excluding carboxylic acids is 1. The Morgan fingerprint density at radius 1 is 1.15 bits per heavy atom. The Balaban J connectivity index is 2.13. The number of carbonyl (C=O) groups is 1. The van der Waals surface area contributed by atoms with Crippen LogP contribution in [0.3, 0.4) is 0 Å². The van der Waals surface area contributed by atoms with Crippen molar-refractivity contribution in [1.29, 1.82) is 0 Å². The number of Topliss-reactive ketones (excluding diaryl/α,β-unsaturated/α-hetero) is 1. The molecule has 3 rings (SSSR count). The summed E-state index contributed by atoms with van der Waals surface area (Å²) in [5.41, 5.74) is 1.67. The van der Waals surface area contributed by atoms with Crippen molar-refractivity contribution in [3.63, 3.8) is 0 Å². The van der Waals surface area contributed by atoms with Crippen LogP contribution in [0.2, 0.25) is 10.0 Å². The van der Waals surface area contributed by atoms with E-state index in [0.717, 1.165) is 11.8 Å². The molecule has 0 atom stereocenters. The molecule has 0 saturated heterocycles. The van der Waals surface area contributed by atoms with Crippen LogP contribution in [0.4, 0.5) is 13.2 Å². The number of aromatic nitrogens is 1. The van der Waals surface area contributed by atoms with E-state index in [1.54, 1.807) is 23.7 Å². The van der Waals surface area contributed by atoms with E-state index < -0.39 is 11.7 Å². The number of rotatable bonds is 3. The fourth-order valence-electron chi connectivity index (χ4n) is 3.24. The highest BCUT2D eigenvalue weighted by molar-refractivity contribution is 6.38. The van der Waals surface area contributed by atoms with Gasteiger partial charge in [0.25, 0.3) is 0 Å². The van der Waals surface area contributed by atoms with Crippen molar-refractivity contribution in [2.45, 2.75) is 26.4 Å². The standard InChI is InChI=1S/C20H16Cl2F3NO/c1-10-6-12-7-13(26(3)18(12)9-16(10)20(23,24)25)8-15-17(21)5-4-14(11(2)27)19(15)22/h4-7,9H,8H2,1-3H3. The number of halogens is 5. The average Bonchev–Trinajstić information content (AvgIpc) is 2.84. The second-order valence-corrected chi connectivity index (χ2v) is 7.32. The number of hydrogen-bond acceptors (Lipinski definition) is 1. The van der Waals surface area contributed by atoms with Crippen molar-refractivity contribution in [2.75, 3.05) is 0 Å². The van der Waals surface area contributed by atoms with E-state index in [9.17, 15) is 18.0 Å². The smallest absolute Gasteiger partial charge is 0.347 e. The average molecular weight is 414 g/mol. The van der Waals surface area contributed by atoms with Crippen LogP contribution in [0.25, 0.3) is 10.9 Å². The first-order valence-electron chi connectivity index (χ1n) is 8.14. The minimum Gasteiger partial charge on any atom is -0.347 e. The summed E-state index contributed by atoms with van der Waals surface area (Å²) < 4.78 is 41.3. The molecule has 0 spiro atoms. The SMILES string of the molecule is CC(=O)c1ccc(Cl)c(Cc2cc3cc(C)c(C(F)(F)F)cc3n2C)c1Cl. The summed E-state index contributed by atoms with van der Waals surface area (Å²) >= 11 is 12.6. The lowest BCUT2D eigenvalue weighted by Crippen LogP contribution is -2.08. The summed E-state index contributed by atoms with van der Waals surface area (Å²) in [4.78, 5) is 11.7. The second kappa shape index (κ2) is 6.88. The molecule has 0 N–H and O–H groups in total. The van der Waals surface area contributed by atoms with Crippen molar-refractivity contribution >= 4 is 39.9 Å². The summed E-state index contributed by atoms with van der Waals surface area (Å²) in [6.07, 6.45) is -4.12. The fraction of sp³-hybridized carbons (Fsp3) is 0.250. The van der Waals surface area contributed by atoms with E-state index in [4.69, 9.17) is 23.2 Å². The molecular weight excluding hydrogens is 398 g/mol. The maximum Gasteiger partial charge on any atom is 0.416 e. The van der Waals surface area contributed by atoms with Gasteiger partial charge in [0.05, 0.1) is 10.6 Å². The zero-order valence-corrected chi connectivity index (χ0v) is 16.4. The number of fused-ring (bicyclic) bond motifs is 1. The lowest BCUT2D eigenvalue weighted by molar-refractivity contribution is -0.137. The predicted molar refractivity (Wildman–Crippen MR) is 102 cm³/mol. The number of aryl methyl sites for hydroxylation is 2. The first kappa shape index (κ1) is 19.8. The molecule has 0 saturated carbocycles. The molecule has 27 heavy (non-hydrogen) atoms. The first-order valence-corrected chi connectivity index (χ1v) is 8.90. The van der Waals surface area contributed by atoms with Crippen molar-refractivity contribution in [3.8, 4) is 0 Å². The van der Waals surface area contributed by atoms with Crippen LogP contribution in [-0.4, -0.2) is 10.4 Å². The Morgan fingerprint density at radius 2 is 1.81 bits per heavy atom. The van der Waals surface area contributed by atoms with Gasteiger partial charge in [-0.2, -0.15) is 13.2 Å². The normalized spacial score (nSPS) is 12.0. The van der Waals surface area contributed by atoms with Crippen LogP contribution >= 0.6 is 23.2 Å². The van der Waals surface area contributed by atoms with Crippen LogP contribution < -0.4 is 0 Å². The summed E-state index contributed by atoms with van der Waals surface area (Å²) in [5.74, 6) is -0.180. The molecule has 0 fully saturated rings. The third-order valence-electron chi connectivity index (χ3n) is 4.72. The van der Waals surface area contributed by atoms with Gasteiger partial charge in [0.1, 0.15) is 0 Å². The lowest BCUT2D eigenvalue weighted by atomic mass is 10.0. The lowest BCUT2D eigenvalue weighted by Gasteiger charge is -2.12. The van der Waals surface area contributed by atoms with E-state index in [0.29, 0.717) is 33.5 Å². The van der Waals surface area contributed by atoms with Crippen molar-refractivity contribution in [3.05, 3.63) is 68.3 Å². The maximum atomic E-state index is 13.2. The molecule has 0 aliphatic heterocycles. The van der Waals surface area contributed by atoms with Gasteiger partial charge in [-0.05, 0) is 55.3 Å². The highest BCUT2D eigenvalue weighted by Gasteiger charge is 2.33. The van der Waals surface area contributed by atoms with E-state index >= 15 is 0 Å². The van der Waals surface area contributed by atoms with E-state index in [1.165, 1.54) is 19.9 Å². The van der Waals surface area contributed by atoms with E-state index in [1.807, 2.05) is 6.07 Å². The van der Waals surface area contributed by atoms with Gasteiger partial charge in [-0.15, -0.1) is 0 Å². The van der Waals surface area contributed by atoms with Crippen molar-refractivity contribution in [2.24, 2.45) is 7.05 Å². The number of ketones is 1. The highest BCUT2D eigenvalue weighted by atomic mass is 35.5. The number of alkyl halides is 3. The van der Waals surface area contributed by atoms with Gasteiger partial charge in [0.15, 0.2) is 5.78 Å². The quantitative estimate of drug-likeness (QED) is 0.443. The second-order valence-electron chi connectivity index (χ2n) is 6.54. The molecule has 0 aliphatic carbocycles. The number of hydrogen-bond donors (Lipinski definition) is 0. The van der Waals surface area contributed by atoms with Gasteiger partial charge in [-0.1, -0.05) is 23.2 Å². The van der Waals surface area contributed by atoms with Gasteiger partial charge in [-0.3, -0.25) is 4.79 Å². The molecule has 2 nitrogen and oxygen atoms in total. The first-order chi connectivity index (χ1) is 12.5. The van der Waals surface area contributed by atoms with Crippen LogP contribution in [0.5, 0.6) is 0 Å². The minimum atomic E-state index is -4.41. The molecule has 2 aromatic carbocycles. The van der Waals surface area contributed by atoms with Crippen LogP contribution in [-0.2, 0) is 19.6 Å². The molecule has 3 aromatic rings. The van der Waals surface area contributed by atoms with Crippen LogP contribution in [0.15, 0.2) is 30.3 Å². The Morgan fingerprint density at radius 3 is 2.41 bits per heavy atom. The van der Waals surface area contributed by atoms with Gasteiger partial charge < -0.3 is 4.57 Å². The summed E-state index contributed by atoms with van der Waals surface area (Å²) in [7, 11) is 1.70. The molecule has 7 heteroatoms. The fourth-order valence-corrected chi connectivity index (χ4v) is 3.88. The Labute approximate surface area is 164 Å². The number of nitrogens with zero attached hydrogens (tertiary/aromatic N) is 1.